The van der Waals surface area contributed by atoms with Gasteiger partial charge in [0.05, 0.1) is 6.61 Å². The van der Waals surface area contributed by atoms with Crippen LogP contribution < -0.4 is 0 Å². The maximum atomic E-state index is 12.7. The van der Waals surface area contributed by atoms with Gasteiger partial charge in [-0.1, -0.05) is 0 Å². The SMILES string of the molecule is CC(F)(F)CCN1CC[C@]2(CCOC2)C1. The van der Waals surface area contributed by atoms with Gasteiger partial charge in [0.15, 0.2) is 0 Å². The van der Waals surface area contributed by atoms with Gasteiger partial charge in [-0.3, -0.25) is 0 Å². The minimum Gasteiger partial charge on any atom is -0.381 e. The molecule has 2 heterocycles. The highest BCUT2D eigenvalue weighted by Gasteiger charge is 2.41. The molecule has 0 aromatic heterocycles. The van der Waals surface area contributed by atoms with E-state index in [4.69, 9.17) is 4.74 Å². The quantitative estimate of drug-likeness (QED) is 0.721. The Morgan fingerprint density at radius 3 is 2.80 bits per heavy atom. The number of hydrogen-bond donors (Lipinski definition) is 0. The molecule has 2 aliphatic heterocycles. The fourth-order valence-corrected chi connectivity index (χ4v) is 2.54. The Hall–Kier alpha value is -0.220. The topological polar surface area (TPSA) is 12.5 Å². The lowest BCUT2D eigenvalue weighted by Gasteiger charge is -2.22. The Morgan fingerprint density at radius 1 is 1.40 bits per heavy atom. The van der Waals surface area contributed by atoms with Crippen LogP contribution in [0.2, 0.25) is 0 Å². The molecule has 1 atom stereocenters. The maximum Gasteiger partial charge on any atom is 0.246 e. The molecule has 15 heavy (non-hydrogen) atoms. The first-order valence-electron chi connectivity index (χ1n) is 5.67. The Bertz CT molecular complexity index is 221. The second-order valence-corrected chi connectivity index (χ2v) is 5.15. The molecule has 0 aromatic rings. The number of rotatable bonds is 3. The van der Waals surface area contributed by atoms with E-state index in [1.165, 1.54) is 0 Å². The van der Waals surface area contributed by atoms with Gasteiger partial charge in [-0.05, 0) is 26.3 Å². The van der Waals surface area contributed by atoms with E-state index >= 15 is 0 Å². The van der Waals surface area contributed by atoms with E-state index in [0.29, 0.717) is 12.0 Å². The normalized spacial score (nSPS) is 33.0. The molecule has 0 saturated carbocycles. The molecule has 4 heteroatoms. The summed E-state index contributed by atoms with van der Waals surface area (Å²) >= 11 is 0. The minimum atomic E-state index is -2.53. The zero-order valence-electron chi connectivity index (χ0n) is 9.27. The monoisotopic (exact) mass is 219 g/mol. The average Bonchev–Trinajstić information content (AvgIpc) is 2.73. The molecule has 0 N–H and O–H groups in total. The first-order valence-corrected chi connectivity index (χ1v) is 5.67. The Morgan fingerprint density at radius 2 is 2.20 bits per heavy atom. The summed E-state index contributed by atoms with van der Waals surface area (Å²) in [7, 11) is 0. The number of hydrogen-bond acceptors (Lipinski definition) is 2. The van der Waals surface area contributed by atoms with Gasteiger partial charge in [0, 0.05) is 31.5 Å². The van der Waals surface area contributed by atoms with Crippen LogP contribution in [0, 0.1) is 5.41 Å². The smallest absolute Gasteiger partial charge is 0.246 e. The highest BCUT2D eigenvalue weighted by molar-refractivity contribution is 4.92. The molecule has 0 bridgehead atoms. The fourth-order valence-electron chi connectivity index (χ4n) is 2.54. The van der Waals surface area contributed by atoms with Crippen LogP contribution >= 0.6 is 0 Å². The van der Waals surface area contributed by atoms with Crippen molar-refractivity contribution in [3.8, 4) is 0 Å². The van der Waals surface area contributed by atoms with Crippen LogP contribution in [0.3, 0.4) is 0 Å². The second-order valence-electron chi connectivity index (χ2n) is 5.15. The average molecular weight is 219 g/mol. The van der Waals surface area contributed by atoms with Crippen molar-refractivity contribution in [1.82, 2.24) is 4.90 Å². The highest BCUT2D eigenvalue weighted by Crippen LogP contribution is 2.38. The van der Waals surface area contributed by atoms with E-state index in [-0.39, 0.29) is 6.42 Å². The van der Waals surface area contributed by atoms with Crippen molar-refractivity contribution in [2.75, 3.05) is 32.8 Å². The van der Waals surface area contributed by atoms with Crippen molar-refractivity contribution in [2.45, 2.75) is 32.1 Å². The molecule has 2 fully saturated rings. The van der Waals surface area contributed by atoms with Crippen molar-refractivity contribution in [1.29, 1.82) is 0 Å². The number of nitrogens with zero attached hydrogens (tertiary/aromatic N) is 1. The van der Waals surface area contributed by atoms with Gasteiger partial charge >= 0.3 is 0 Å². The molecule has 0 aromatic carbocycles. The van der Waals surface area contributed by atoms with Crippen molar-refractivity contribution in [2.24, 2.45) is 5.41 Å². The molecule has 0 unspecified atom stereocenters. The maximum absolute atomic E-state index is 12.7. The molecule has 1 spiro atoms. The standard InChI is InChI=1S/C11H19F2NO/c1-10(12,13)2-5-14-6-3-11(8-14)4-7-15-9-11/h2-9H2,1H3/t11-/m0/s1. The minimum absolute atomic E-state index is 0.0239. The first-order chi connectivity index (χ1) is 6.99. The molecule has 2 nitrogen and oxygen atoms in total. The lowest BCUT2D eigenvalue weighted by molar-refractivity contribution is 0.00412. The summed E-state index contributed by atoms with van der Waals surface area (Å²) in [6, 6.07) is 0. The van der Waals surface area contributed by atoms with Crippen molar-refractivity contribution in [3.05, 3.63) is 0 Å². The summed E-state index contributed by atoms with van der Waals surface area (Å²) in [6.07, 6.45) is 2.19. The molecule has 88 valence electrons. The largest absolute Gasteiger partial charge is 0.381 e. The van der Waals surface area contributed by atoms with Gasteiger partial charge in [-0.15, -0.1) is 0 Å². The summed E-state index contributed by atoms with van der Waals surface area (Å²) in [4.78, 5) is 2.16. The van der Waals surface area contributed by atoms with E-state index in [0.717, 1.165) is 46.1 Å². The van der Waals surface area contributed by atoms with Crippen LogP contribution in [0.4, 0.5) is 8.78 Å². The van der Waals surface area contributed by atoms with Gasteiger partial charge < -0.3 is 9.64 Å². The number of alkyl halides is 2. The number of halogens is 2. The lowest BCUT2D eigenvalue weighted by atomic mass is 9.87. The van der Waals surface area contributed by atoms with Crippen LogP contribution in [0.5, 0.6) is 0 Å². The molecule has 2 saturated heterocycles. The highest BCUT2D eigenvalue weighted by atomic mass is 19.3. The third kappa shape index (κ3) is 2.88. The molecule has 0 radical (unpaired) electrons. The Labute approximate surface area is 89.6 Å². The van der Waals surface area contributed by atoms with E-state index < -0.39 is 5.92 Å². The van der Waals surface area contributed by atoms with Gasteiger partial charge in [-0.2, -0.15) is 0 Å². The van der Waals surface area contributed by atoms with E-state index in [2.05, 4.69) is 4.90 Å². The van der Waals surface area contributed by atoms with Crippen LogP contribution in [0.1, 0.15) is 26.2 Å². The first kappa shape index (κ1) is 11.3. The zero-order valence-corrected chi connectivity index (χ0v) is 9.27. The molecule has 0 amide bonds. The predicted octanol–water partition coefficient (Wildman–Crippen LogP) is 2.14. The summed E-state index contributed by atoms with van der Waals surface area (Å²) in [5, 5.41) is 0. The summed E-state index contributed by atoms with van der Waals surface area (Å²) < 4.78 is 30.8. The predicted molar refractivity (Wildman–Crippen MR) is 54.2 cm³/mol. The number of ether oxygens (including phenoxy) is 1. The summed E-state index contributed by atoms with van der Waals surface area (Å²) in [5.74, 6) is -2.53. The summed E-state index contributed by atoms with van der Waals surface area (Å²) in [5.41, 5.74) is 0.295. The Balaban J connectivity index is 1.78. The molecular weight excluding hydrogens is 200 g/mol. The van der Waals surface area contributed by atoms with Crippen LogP contribution in [-0.4, -0.2) is 43.7 Å². The molecule has 2 aliphatic rings. The van der Waals surface area contributed by atoms with Crippen molar-refractivity contribution >= 4 is 0 Å². The van der Waals surface area contributed by atoms with Crippen molar-refractivity contribution < 1.29 is 13.5 Å². The van der Waals surface area contributed by atoms with Crippen LogP contribution in [0.15, 0.2) is 0 Å². The van der Waals surface area contributed by atoms with Gasteiger partial charge in [0.25, 0.3) is 0 Å². The van der Waals surface area contributed by atoms with Gasteiger partial charge in [0.1, 0.15) is 0 Å². The van der Waals surface area contributed by atoms with Gasteiger partial charge in [-0.25, -0.2) is 8.78 Å². The second kappa shape index (κ2) is 3.98. The van der Waals surface area contributed by atoms with Crippen LogP contribution in [-0.2, 0) is 4.74 Å². The van der Waals surface area contributed by atoms with E-state index in [1.54, 1.807) is 0 Å². The summed E-state index contributed by atoms with van der Waals surface area (Å²) in [6.45, 7) is 5.09. The third-order valence-corrected chi connectivity index (χ3v) is 3.57. The van der Waals surface area contributed by atoms with Gasteiger partial charge in [0.2, 0.25) is 5.92 Å². The van der Waals surface area contributed by atoms with Crippen LogP contribution in [0.25, 0.3) is 0 Å². The molecule has 2 rings (SSSR count). The zero-order chi connectivity index (χ0) is 10.9. The molecule has 0 aliphatic carbocycles. The van der Waals surface area contributed by atoms with E-state index in [9.17, 15) is 8.78 Å². The lowest BCUT2D eigenvalue weighted by Crippen LogP contribution is -2.30. The van der Waals surface area contributed by atoms with E-state index in [1.807, 2.05) is 0 Å². The third-order valence-electron chi connectivity index (χ3n) is 3.57. The molecular formula is C11H19F2NO. The Kier molecular flexibility index (Phi) is 2.99. The van der Waals surface area contributed by atoms with Crippen molar-refractivity contribution in [3.63, 3.8) is 0 Å². The fraction of sp³-hybridized carbons (Fsp3) is 1.00. The number of likely N-dealkylation sites (tertiary alicyclic amines) is 1.